The highest BCUT2D eigenvalue weighted by molar-refractivity contribution is 5.49. The lowest BCUT2D eigenvalue weighted by Gasteiger charge is -2.03. The lowest BCUT2D eigenvalue weighted by atomic mass is 10.1. The van der Waals surface area contributed by atoms with Crippen LogP contribution in [0.3, 0.4) is 0 Å². The van der Waals surface area contributed by atoms with Crippen LogP contribution in [0.25, 0.3) is 4.85 Å². The lowest BCUT2D eigenvalue weighted by Crippen LogP contribution is -1.96. The molecule has 1 atom stereocenters. The summed E-state index contributed by atoms with van der Waals surface area (Å²) >= 11 is 0. The number of methoxy groups -OCH3 is 1. The molecule has 0 bridgehead atoms. The number of nitrogens with zero attached hydrogens (tertiary/aromatic N) is 2. The highest BCUT2D eigenvalue weighted by Gasteiger charge is 2.19. The molecule has 0 spiro atoms. The van der Waals surface area contributed by atoms with Gasteiger partial charge < -0.3 is 9.58 Å². The topological polar surface area (TPSA) is 56.7 Å². The van der Waals surface area contributed by atoms with E-state index < -0.39 is 4.92 Å². The van der Waals surface area contributed by atoms with Gasteiger partial charge in [0.25, 0.3) is 0 Å². The van der Waals surface area contributed by atoms with Crippen LogP contribution in [0.1, 0.15) is 18.5 Å². The normalized spacial score (nSPS) is 11.5. The molecule has 5 heteroatoms. The molecule has 0 aliphatic rings. The highest BCUT2D eigenvalue weighted by atomic mass is 16.6. The largest absolute Gasteiger partial charge is 0.490 e. The molecule has 0 aliphatic carbocycles. The molecule has 5 nitrogen and oxygen atoms in total. The van der Waals surface area contributed by atoms with E-state index in [0.717, 1.165) is 0 Å². The Kier molecular flexibility index (Phi) is 3.24. The molecule has 0 heterocycles. The van der Waals surface area contributed by atoms with Gasteiger partial charge in [0.15, 0.2) is 5.75 Å². The average molecular weight is 206 g/mol. The molecule has 1 rings (SSSR count). The Morgan fingerprint density at radius 3 is 2.73 bits per heavy atom. The molecule has 1 unspecified atom stereocenters. The van der Waals surface area contributed by atoms with E-state index in [-0.39, 0.29) is 17.5 Å². The van der Waals surface area contributed by atoms with Crippen molar-refractivity contribution in [1.29, 1.82) is 0 Å². The second-order valence-electron chi connectivity index (χ2n) is 2.99. The van der Waals surface area contributed by atoms with Crippen molar-refractivity contribution in [2.24, 2.45) is 0 Å². The van der Waals surface area contributed by atoms with Crippen molar-refractivity contribution in [1.82, 2.24) is 0 Å². The zero-order valence-corrected chi connectivity index (χ0v) is 8.43. The van der Waals surface area contributed by atoms with Gasteiger partial charge in [0.05, 0.1) is 12.0 Å². The Morgan fingerprint density at radius 1 is 1.60 bits per heavy atom. The van der Waals surface area contributed by atoms with E-state index in [9.17, 15) is 10.1 Å². The Hall–Kier alpha value is -2.09. The van der Waals surface area contributed by atoms with Crippen molar-refractivity contribution in [3.05, 3.63) is 45.3 Å². The molecule has 0 radical (unpaired) electrons. The van der Waals surface area contributed by atoms with Crippen molar-refractivity contribution in [3.8, 4) is 5.75 Å². The maximum absolute atomic E-state index is 10.7. The van der Waals surface area contributed by atoms with Crippen LogP contribution in [0.5, 0.6) is 5.75 Å². The van der Waals surface area contributed by atoms with Gasteiger partial charge in [-0.25, -0.2) is 6.57 Å². The summed E-state index contributed by atoms with van der Waals surface area (Å²) in [7, 11) is 1.38. The molecule has 1 aromatic carbocycles. The minimum atomic E-state index is -0.515. The second-order valence-corrected chi connectivity index (χ2v) is 2.99. The van der Waals surface area contributed by atoms with Crippen molar-refractivity contribution < 1.29 is 9.66 Å². The third-order valence-corrected chi connectivity index (χ3v) is 2.08. The Labute approximate surface area is 87.3 Å². The maximum Gasteiger partial charge on any atom is 0.311 e. The molecule has 1 aromatic rings. The van der Waals surface area contributed by atoms with Crippen LogP contribution >= 0.6 is 0 Å². The molecule has 15 heavy (non-hydrogen) atoms. The predicted molar refractivity (Wildman–Crippen MR) is 54.7 cm³/mol. The van der Waals surface area contributed by atoms with Gasteiger partial charge in [-0.1, -0.05) is 0 Å². The molecule has 0 aromatic heterocycles. The summed E-state index contributed by atoms with van der Waals surface area (Å²) in [5.74, 6) is 0.209. The monoisotopic (exact) mass is 206 g/mol. The van der Waals surface area contributed by atoms with Gasteiger partial charge in [-0.15, -0.1) is 0 Å². The third kappa shape index (κ3) is 2.23. The SMILES string of the molecule is [C-]#[N+]C(C)c1ccc(OC)c([N+](=O)[O-])c1. The van der Waals surface area contributed by atoms with E-state index >= 15 is 0 Å². The van der Waals surface area contributed by atoms with Crippen molar-refractivity contribution in [2.75, 3.05) is 7.11 Å². The molecule has 0 saturated heterocycles. The summed E-state index contributed by atoms with van der Waals surface area (Å²) < 4.78 is 4.86. The number of nitro groups is 1. The van der Waals surface area contributed by atoms with Crippen molar-refractivity contribution in [2.45, 2.75) is 13.0 Å². The summed E-state index contributed by atoms with van der Waals surface area (Å²) in [4.78, 5) is 13.5. The van der Waals surface area contributed by atoms with E-state index in [1.165, 1.54) is 19.2 Å². The summed E-state index contributed by atoms with van der Waals surface area (Å²) in [6.07, 6.45) is 0. The molecular weight excluding hydrogens is 196 g/mol. The predicted octanol–water partition coefficient (Wildman–Crippen LogP) is 2.58. The minimum absolute atomic E-state index is 0.106. The summed E-state index contributed by atoms with van der Waals surface area (Å²) in [6.45, 7) is 8.54. The molecule has 0 aliphatic heterocycles. The first-order valence-corrected chi connectivity index (χ1v) is 4.29. The molecule has 0 amide bonds. The zero-order chi connectivity index (χ0) is 11.4. The molecular formula is C10H10N2O3. The van der Waals surface area contributed by atoms with Gasteiger partial charge in [-0.05, 0) is 12.1 Å². The van der Waals surface area contributed by atoms with E-state index in [2.05, 4.69) is 4.85 Å². The Bertz CT molecular complexity index is 423. The standard InChI is InChI=1S/C10H10N2O3/c1-7(11-2)8-4-5-10(15-3)9(6-8)12(13)14/h4-7H,1,3H3. The number of rotatable bonds is 3. The smallest absolute Gasteiger partial charge is 0.311 e. The Morgan fingerprint density at radius 2 is 2.27 bits per heavy atom. The van der Waals surface area contributed by atoms with Crippen LogP contribution in [0.2, 0.25) is 0 Å². The molecule has 78 valence electrons. The number of hydrogen-bond donors (Lipinski definition) is 0. The van der Waals surface area contributed by atoms with Crippen molar-refractivity contribution in [3.63, 3.8) is 0 Å². The summed E-state index contributed by atoms with van der Waals surface area (Å²) in [6, 6.07) is 4.17. The fraction of sp³-hybridized carbons (Fsp3) is 0.300. The van der Waals surface area contributed by atoms with Crippen LogP contribution in [0.15, 0.2) is 18.2 Å². The van der Waals surface area contributed by atoms with Crippen LogP contribution in [-0.4, -0.2) is 12.0 Å². The van der Waals surface area contributed by atoms with Gasteiger partial charge >= 0.3 is 5.69 Å². The quantitative estimate of drug-likeness (QED) is 0.434. The fourth-order valence-electron chi connectivity index (χ4n) is 1.18. The summed E-state index contributed by atoms with van der Waals surface area (Å²) in [5.41, 5.74) is 0.517. The Balaban J connectivity index is 3.23. The van der Waals surface area contributed by atoms with Gasteiger partial charge in [0, 0.05) is 18.6 Å². The van der Waals surface area contributed by atoms with Gasteiger partial charge in [-0.2, -0.15) is 0 Å². The summed E-state index contributed by atoms with van der Waals surface area (Å²) in [5, 5.41) is 10.7. The van der Waals surface area contributed by atoms with Crippen LogP contribution in [0, 0.1) is 16.7 Å². The number of hydrogen-bond acceptors (Lipinski definition) is 3. The number of ether oxygens (including phenoxy) is 1. The third-order valence-electron chi connectivity index (χ3n) is 2.08. The molecule has 0 N–H and O–H groups in total. The van der Waals surface area contributed by atoms with Gasteiger partial charge in [-0.3, -0.25) is 10.1 Å². The van der Waals surface area contributed by atoms with E-state index in [1.807, 2.05) is 0 Å². The minimum Gasteiger partial charge on any atom is -0.490 e. The fourth-order valence-corrected chi connectivity index (χ4v) is 1.18. The number of nitro benzene ring substituents is 1. The van der Waals surface area contributed by atoms with Crippen molar-refractivity contribution >= 4 is 5.69 Å². The lowest BCUT2D eigenvalue weighted by molar-refractivity contribution is -0.385. The van der Waals surface area contributed by atoms with E-state index in [1.54, 1.807) is 13.0 Å². The van der Waals surface area contributed by atoms with E-state index in [0.29, 0.717) is 5.56 Å². The first kappa shape index (κ1) is 11.0. The van der Waals surface area contributed by atoms with Crippen LogP contribution in [0.4, 0.5) is 5.69 Å². The van der Waals surface area contributed by atoms with Crippen LogP contribution in [-0.2, 0) is 0 Å². The highest BCUT2D eigenvalue weighted by Crippen LogP contribution is 2.30. The van der Waals surface area contributed by atoms with Crippen LogP contribution < -0.4 is 4.74 Å². The molecule has 0 saturated carbocycles. The average Bonchev–Trinajstić information content (AvgIpc) is 2.27. The van der Waals surface area contributed by atoms with Gasteiger partial charge in [0.1, 0.15) is 0 Å². The van der Waals surface area contributed by atoms with Gasteiger partial charge in [0.2, 0.25) is 6.04 Å². The van der Waals surface area contributed by atoms with E-state index in [4.69, 9.17) is 11.3 Å². The molecule has 0 fully saturated rings. The second kappa shape index (κ2) is 4.42. The number of benzene rings is 1. The first-order chi connectivity index (χ1) is 7.10. The maximum atomic E-state index is 10.7. The first-order valence-electron chi connectivity index (χ1n) is 4.29. The zero-order valence-electron chi connectivity index (χ0n) is 8.43.